The largest absolute Gasteiger partial charge is 0.482 e. The molecule has 0 radical (unpaired) electrons. The normalized spacial score (nSPS) is 10.3. The zero-order chi connectivity index (χ0) is 14.1. The molecule has 2 N–H and O–H groups in total. The monoisotopic (exact) mass is 328 g/mol. The molecule has 1 amide bonds. The van der Waals surface area contributed by atoms with Crippen molar-refractivity contribution in [3.8, 4) is 5.75 Å². The summed E-state index contributed by atoms with van der Waals surface area (Å²) in [5, 5.41) is 6.04. The van der Waals surface area contributed by atoms with Crippen molar-refractivity contribution in [1.29, 1.82) is 0 Å². The fourth-order valence-electron chi connectivity index (χ4n) is 1.57. The summed E-state index contributed by atoms with van der Waals surface area (Å²) in [5.41, 5.74) is 1.04. The van der Waals surface area contributed by atoms with E-state index in [9.17, 15) is 4.79 Å². The van der Waals surface area contributed by atoms with E-state index in [2.05, 4.69) is 33.5 Å². The maximum absolute atomic E-state index is 11.5. The number of rotatable bonds is 8. The molecule has 4 nitrogen and oxygen atoms in total. The minimum absolute atomic E-state index is 0.0434. The van der Waals surface area contributed by atoms with Crippen LogP contribution in [0.1, 0.15) is 25.8 Å². The molecule has 0 aliphatic rings. The van der Waals surface area contributed by atoms with Crippen molar-refractivity contribution in [1.82, 2.24) is 10.6 Å². The highest BCUT2D eigenvalue weighted by Crippen LogP contribution is 2.28. The number of nitrogens with one attached hydrogen (secondary N) is 2. The van der Waals surface area contributed by atoms with Crippen molar-refractivity contribution in [3.63, 3.8) is 0 Å². The Morgan fingerprint density at radius 1 is 1.37 bits per heavy atom. The number of hydrogen-bond acceptors (Lipinski definition) is 3. The van der Waals surface area contributed by atoms with Crippen molar-refractivity contribution in [3.05, 3.63) is 28.2 Å². The minimum atomic E-state index is -0.0907. The van der Waals surface area contributed by atoms with E-state index in [1.54, 1.807) is 0 Å². The van der Waals surface area contributed by atoms with E-state index in [1.165, 1.54) is 0 Å². The third-order valence-corrected chi connectivity index (χ3v) is 3.16. The number of carbonyl (C=O) groups excluding carboxylic acids is 1. The van der Waals surface area contributed by atoms with Gasteiger partial charge in [0, 0.05) is 18.7 Å². The highest BCUT2D eigenvalue weighted by atomic mass is 79.9. The maximum atomic E-state index is 11.5. The lowest BCUT2D eigenvalue weighted by atomic mass is 10.2. The summed E-state index contributed by atoms with van der Waals surface area (Å²) in [6.07, 6.45) is 0.923. The van der Waals surface area contributed by atoms with Gasteiger partial charge in [-0.1, -0.05) is 26.0 Å². The molecular weight excluding hydrogens is 308 g/mol. The third-order valence-electron chi connectivity index (χ3n) is 2.53. The molecule has 1 aromatic rings. The molecule has 0 fully saturated rings. The summed E-state index contributed by atoms with van der Waals surface area (Å²) in [4.78, 5) is 11.5. The van der Waals surface area contributed by atoms with Gasteiger partial charge < -0.3 is 15.4 Å². The Bertz CT molecular complexity index is 410. The first kappa shape index (κ1) is 16.0. The van der Waals surface area contributed by atoms with Gasteiger partial charge in [-0.3, -0.25) is 4.79 Å². The lowest BCUT2D eigenvalue weighted by molar-refractivity contribution is -0.123. The zero-order valence-electron chi connectivity index (χ0n) is 11.5. The van der Waals surface area contributed by atoms with E-state index < -0.39 is 0 Å². The molecule has 0 aliphatic heterocycles. The molecule has 0 spiro atoms. The highest BCUT2D eigenvalue weighted by Gasteiger charge is 2.09. The lowest BCUT2D eigenvalue weighted by Gasteiger charge is -2.13. The van der Waals surface area contributed by atoms with Crippen LogP contribution in [0.25, 0.3) is 0 Å². The van der Waals surface area contributed by atoms with Crippen molar-refractivity contribution < 1.29 is 9.53 Å². The second-order valence-corrected chi connectivity index (χ2v) is 5.00. The smallest absolute Gasteiger partial charge is 0.257 e. The van der Waals surface area contributed by atoms with Gasteiger partial charge in [-0.25, -0.2) is 0 Å². The van der Waals surface area contributed by atoms with Crippen LogP contribution in [-0.2, 0) is 11.3 Å². The van der Waals surface area contributed by atoms with Crippen molar-refractivity contribution in [2.45, 2.75) is 26.8 Å². The fourth-order valence-corrected chi connectivity index (χ4v) is 2.09. The highest BCUT2D eigenvalue weighted by molar-refractivity contribution is 9.10. The number of ether oxygens (including phenoxy) is 1. The number of para-hydroxylation sites is 1. The van der Waals surface area contributed by atoms with Crippen LogP contribution in [0.3, 0.4) is 0 Å². The topological polar surface area (TPSA) is 50.4 Å². The van der Waals surface area contributed by atoms with Crippen LogP contribution in [0.2, 0.25) is 0 Å². The number of carbonyl (C=O) groups is 1. The summed E-state index contributed by atoms with van der Waals surface area (Å²) >= 11 is 3.46. The van der Waals surface area contributed by atoms with Gasteiger partial charge in [-0.2, -0.15) is 0 Å². The SMILES string of the molecule is CCCNC(=O)COc1c(Br)cccc1CNCC. The van der Waals surface area contributed by atoms with Crippen LogP contribution >= 0.6 is 15.9 Å². The Morgan fingerprint density at radius 3 is 2.84 bits per heavy atom. The van der Waals surface area contributed by atoms with Crippen LogP contribution in [-0.4, -0.2) is 25.6 Å². The van der Waals surface area contributed by atoms with Gasteiger partial charge in [0.15, 0.2) is 6.61 Å². The second kappa shape index (κ2) is 8.93. The number of benzene rings is 1. The summed E-state index contributed by atoms with van der Waals surface area (Å²) in [7, 11) is 0. The average Bonchev–Trinajstić information content (AvgIpc) is 2.41. The van der Waals surface area contributed by atoms with Crippen molar-refractivity contribution in [2.75, 3.05) is 19.7 Å². The first-order valence-electron chi connectivity index (χ1n) is 6.56. The van der Waals surface area contributed by atoms with E-state index in [4.69, 9.17) is 4.74 Å². The van der Waals surface area contributed by atoms with Crippen LogP contribution in [0.5, 0.6) is 5.75 Å². The standard InChI is InChI=1S/C14H21BrN2O2/c1-3-8-17-13(18)10-19-14-11(9-16-4-2)6-5-7-12(14)15/h5-7,16H,3-4,8-10H2,1-2H3,(H,17,18). The molecule has 0 unspecified atom stereocenters. The molecule has 0 aliphatic carbocycles. The Hall–Kier alpha value is -1.07. The Kier molecular flexibility index (Phi) is 7.52. The van der Waals surface area contributed by atoms with Crippen LogP contribution < -0.4 is 15.4 Å². The predicted octanol–water partition coefficient (Wildman–Crippen LogP) is 2.46. The predicted molar refractivity (Wildman–Crippen MR) is 80.3 cm³/mol. The summed E-state index contributed by atoms with van der Waals surface area (Å²) in [6.45, 7) is 6.41. The van der Waals surface area contributed by atoms with Crippen LogP contribution in [0.15, 0.2) is 22.7 Å². The Morgan fingerprint density at radius 2 is 2.16 bits per heavy atom. The van der Waals surface area contributed by atoms with Gasteiger partial charge in [-0.15, -0.1) is 0 Å². The second-order valence-electron chi connectivity index (χ2n) is 4.15. The van der Waals surface area contributed by atoms with Crippen LogP contribution in [0, 0.1) is 0 Å². The lowest BCUT2D eigenvalue weighted by Crippen LogP contribution is -2.29. The first-order chi connectivity index (χ1) is 9.19. The molecule has 0 bridgehead atoms. The van der Waals surface area contributed by atoms with E-state index in [0.717, 1.165) is 35.3 Å². The van der Waals surface area contributed by atoms with E-state index in [0.29, 0.717) is 6.54 Å². The minimum Gasteiger partial charge on any atom is -0.482 e. The molecular formula is C14H21BrN2O2. The van der Waals surface area contributed by atoms with Crippen molar-refractivity contribution in [2.24, 2.45) is 0 Å². The fraction of sp³-hybridized carbons (Fsp3) is 0.500. The Labute approximate surface area is 123 Å². The van der Waals surface area contributed by atoms with Gasteiger partial charge in [0.2, 0.25) is 0 Å². The summed E-state index contributed by atoms with van der Waals surface area (Å²) < 4.78 is 6.49. The number of halogens is 1. The maximum Gasteiger partial charge on any atom is 0.257 e. The first-order valence-corrected chi connectivity index (χ1v) is 7.35. The molecule has 0 saturated heterocycles. The third kappa shape index (κ3) is 5.61. The molecule has 0 atom stereocenters. The van der Waals surface area contributed by atoms with E-state index in [1.807, 2.05) is 25.1 Å². The summed E-state index contributed by atoms with van der Waals surface area (Å²) in [5.74, 6) is 0.641. The molecule has 0 aromatic heterocycles. The molecule has 0 heterocycles. The van der Waals surface area contributed by atoms with E-state index >= 15 is 0 Å². The van der Waals surface area contributed by atoms with E-state index in [-0.39, 0.29) is 12.5 Å². The zero-order valence-corrected chi connectivity index (χ0v) is 13.0. The van der Waals surface area contributed by atoms with Crippen LogP contribution in [0.4, 0.5) is 0 Å². The molecule has 5 heteroatoms. The molecule has 106 valence electrons. The van der Waals surface area contributed by atoms with Crippen molar-refractivity contribution >= 4 is 21.8 Å². The summed E-state index contributed by atoms with van der Waals surface area (Å²) in [6, 6.07) is 5.86. The number of amides is 1. The molecule has 1 rings (SSSR count). The van der Waals surface area contributed by atoms with Gasteiger partial charge in [0.25, 0.3) is 5.91 Å². The average molecular weight is 329 g/mol. The molecule has 19 heavy (non-hydrogen) atoms. The van der Waals surface area contributed by atoms with Gasteiger partial charge in [-0.05, 0) is 35.0 Å². The van der Waals surface area contributed by atoms with Gasteiger partial charge in [0.1, 0.15) is 5.75 Å². The van der Waals surface area contributed by atoms with Gasteiger partial charge >= 0.3 is 0 Å². The molecule has 0 saturated carbocycles. The quantitative estimate of drug-likeness (QED) is 0.770. The Balaban J connectivity index is 2.62. The number of hydrogen-bond donors (Lipinski definition) is 2. The molecule has 1 aromatic carbocycles. The van der Waals surface area contributed by atoms with Gasteiger partial charge in [0.05, 0.1) is 4.47 Å².